The summed E-state index contributed by atoms with van der Waals surface area (Å²) in [6.45, 7) is 8.14. The maximum atomic E-state index is 4.35. The van der Waals surface area contributed by atoms with Crippen molar-refractivity contribution in [1.82, 2.24) is 20.1 Å². The standard InChI is InChI=1S/C12H18N4S/c1-12(2,3)14-4-10-5-15-16(7-10)8-11-6-13-9-17-11/h5-7,9,14H,4,8H2,1-3H3. The van der Waals surface area contributed by atoms with Gasteiger partial charge in [0.25, 0.3) is 0 Å². The third-order valence-electron chi connectivity index (χ3n) is 2.31. The molecule has 0 aliphatic carbocycles. The van der Waals surface area contributed by atoms with Crippen LogP contribution in [0.5, 0.6) is 0 Å². The first-order chi connectivity index (χ1) is 8.03. The molecule has 0 saturated carbocycles. The van der Waals surface area contributed by atoms with E-state index in [2.05, 4.69) is 42.4 Å². The largest absolute Gasteiger partial charge is 0.308 e. The molecule has 0 unspecified atom stereocenters. The van der Waals surface area contributed by atoms with E-state index < -0.39 is 0 Å². The van der Waals surface area contributed by atoms with Crippen LogP contribution < -0.4 is 5.32 Å². The second kappa shape index (κ2) is 4.98. The van der Waals surface area contributed by atoms with Gasteiger partial charge in [-0.2, -0.15) is 5.10 Å². The predicted molar refractivity (Wildman–Crippen MR) is 70.0 cm³/mol. The van der Waals surface area contributed by atoms with Crippen LogP contribution in [0.1, 0.15) is 31.2 Å². The van der Waals surface area contributed by atoms with E-state index in [1.165, 1.54) is 10.4 Å². The summed E-state index contributed by atoms with van der Waals surface area (Å²) >= 11 is 1.66. The number of nitrogens with zero attached hydrogens (tertiary/aromatic N) is 3. The Hall–Kier alpha value is -1.20. The molecule has 2 heterocycles. The summed E-state index contributed by atoms with van der Waals surface area (Å²) in [4.78, 5) is 5.28. The highest BCUT2D eigenvalue weighted by atomic mass is 32.1. The number of rotatable bonds is 4. The number of nitrogens with one attached hydrogen (secondary N) is 1. The molecule has 0 aromatic carbocycles. The van der Waals surface area contributed by atoms with Crippen molar-refractivity contribution < 1.29 is 0 Å². The number of thiazole rings is 1. The van der Waals surface area contributed by atoms with Crippen molar-refractivity contribution in [2.24, 2.45) is 0 Å². The highest BCUT2D eigenvalue weighted by Crippen LogP contribution is 2.09. The Morgan fingerprint density at radius 3 is 2.82 bits per heavy atom. The van der Waals surface area contributed by atoms with E-state index in [1.54, 1.807) is 11.3 Å². The van der Waals surface area contributed by atoms with Gasteiger partial charge >= 0.3 is 0 Å². The lowest BCUT2D eigenvalue weighted by molar-refractivity contribution is 0.424. The van der Waals surface area contributed by atoms with Crippen molar-refractivity contribution in [3.05, 3.63) is 34.5 Å². The lowest BCUT2D eigenvalue weighted by atomic mass is 10.1. The molecule has 0 aliphatic rings. The second-order valence-electron chi connectivity index (χ2n) is 5.12. The van der Waals surface area contributed by atoms with Gasteiger partial charge in [0.15, 0.2) is 0 Å². The summed E-state index contributed by atoms with van der Waals surface area (Å²) in [5.41, 5.74) is 3.20. The van der Waals surface area contributed by atoms with Gasteiger partial charge in [0.1, 0.15) is 0 Å². The molecule has 0 fully saturated rings. The molecule has 2 rings (SSSR count). The molecule has 2 aromatic heterocycles. The zero-order valence-corrected chi connectivity index (χ0v) is 11.3. The summed E-state index contributed by atoms with van der Waals surface area (Å²) in [7, 11) is 0. The van der Waals surface area contributed by atoms with Crippen LogP contribution in [0.15, 0.2) is 24.1 Å². The van der Waals surface area contributed by atoms with Crippen molar-refractivity contribution in [2.45, 2.75) is 39.4 Å². The van der Waals surface area contributed by atoms with Crippen LogP contribution in [-0.2, 0) is 13.1 Å². The summed E-state index contributed by atoms with van der Waals surface area (Å²) in [5, 5.41) is 7.79. The molecule has 2 aromatic rings. The highest BCUT2D eigenvalue weighted by Gasteiger charge is 2.09. The summed E-state index contributed by atoms with van der Waals surface area (Å²) in [6.07, 6.45) is 5.89. The molecule has 0 saturated heterocycles. The van der Waals surface area contributed by atoms with Crippen molar-refractivity contribution in [1.29, 1.82) is 0 Å². The number of aromatic nitrogens is 3. The fraction of sp³-hybridized carbons (Fsp3) is 0.500. The minimum absolute atomic E-state index is 0.139. The van der Waals surface area contributed by atoms with Crippen LogP contribution in [0.25, 0.3) is 0 Å². The smallest absolute Gasteiger partial charge is 0.0794 e. The molecular weight excluding hydrogens is 232 g/mol. The van der Waals surface area contributed by atoms with Crippen LogP contribution in [0.2, 0.25) is 0 Å². The van der Waals surface area contributed by atoms with Gasteiger partial charge in [0, 0.05) is 34.9 Å². The predicted octanol–water partition coefficient (Wildman–Crippen LogP) is 2.28. The number of hydrogen-bond donors (Lipinski definition) is 1. The van der Waals surface area contributed by atoms with Gasteiger partial charge in [-0.1, -0.05) is 0 Å². The van der Waals surface area contributed by atoms with Gasteiger partial charge in [0.05, 0.1) is 18.3 Å². The van der Waals surface area contributed by atoms with E-state index in [9.17, 15) is 0 Å². The zero-order valence-electron chi connectivity index (χ0n) is 10.5. The van der Waals surface area contributed by atoms with E-state index >= 15 is 0 Å². The lowest BCUT2D eigenvalue weighted by Gasteiger charge is -2.19. The molecule has 1 N–H and O–H groups in total. The van der Waals surface area contributed by atoms with Gasteiger partial charge in [-0.05, 0) is 20.8 Å². The van der Waals surface area contributed by atoms with Crippen LogP contribution >= 0.6 is 11.3 Å². The first kappa shape index (κ1) is 12.3. The van der Waals surface area contributed by atoms with E-state index in [-0.39, 0.29) is 5.54 Å². The molecule has 92 valence electrons. The topological polar surface area (TPSA) is 42.7 Å². The van der Waals surface area contributed by atoms with E-state index in [0.29, 0.717) is 0 Å². The fourth-order valence-electron chi connectivity index (χ4n) is 1.43. The maximum Gasteiger partial charge on any atom is 0.0794 e. The van der Waals surface area contributed by atoms with Crippen molar-refractivity contribution in [3.63, 3.8) is 0 Å². The zero-order chi connectivity index (χ0) is 12.3. The van der Waals surface area contributed by atoms with Crippen LogP contribution in [0, 0.1) is 0 Å². The van der Waals surface area contributed by atoms with Gasteiger partial charge in [-0.25, -0.2) is 0 Å². The van der Waals surface area contributed by atoms with Crippen LogP contribution in [0.4, 0.5) is 0 Å². The molecule has 0 atom stereocenters. The third-order valence-corrected chi connectivity index (χ3v) is 3.08. The summed E-state index contributed by atoms with van der Waals surface area (Å²) in [5.74, 6) is 0. The van der Waals surface area contributed by atoms with Crippen molar-refractivity contribution in [2.75, 3.05) is 0 Å². The van der Waals surface area contributed by atoms with Crippen molar-refractivity contribution >= 4 is 11.3 Å². The van der Waals surface area contributed by atoms with Gasteiger partial charge in [0.2, 0.25) is 0 Å². The second-order valence-corrected chi connectivity index (χ2v) is 6.09. The Kier molecular flexibility index (Phi) is 3.59. The number of hydrogen-bond acceptors (Lipinski definition) is 4. The minimum atomic E-state index is 0.139. The monoisotopic (exact) mass is 250 g/mol. The van der Waals surface area contributed by atoms with Gasteiger partial charge < -0.3 is 5.32 Å². The lowest BCUT2D eigenvalue weighted by Crippen LogP contribution is -2.34. The fourth-order valence-corrected chi connectivity index (χ4v) is 2.02. The summed E-state index contributed by atoms with van der Waals surface area (Å²) in [6, 6.07) is 0. The highest BCUT2D eigenvalue weighted by molar-refractivity contribution is 7.09. The first-order valence-corrected chi connectivity index (χ1v) is 6.55. The van der Waals surface area contributed by atoms with Crippen molar-refractivity contribution in [3.8, 4) is 0 Å². The first-order valence-electron chi connectivity index (χ1n) is 5.67. The molecule has 0 aliphatic heterocycles. The Bertz CT molecular complexity index is 453. The third kappa shape index (κ3) is 3.94. The average molecular weight is 250 g/mol. The molecule has 4 nitrogen and oxygen atoms in total. The van der Waals surface area contributed by atoms with Crippen LogP contribution in [0.3, 0.4) is 0 Å². The van der Waals surface area contributed by atoms with E-state index in [4.69, 9.17) is 0 Å². The SMILES string of the molecule is CC(C)(C)NCc1cnn(Cc2cncs2)c1. The molecule has 0 amide bonds. The van der Waals surface area contributed by atoms with E-state index in [1.807, 2.05) is 22.6 Å². The molecule has 0 spiro atoms. The Balaban J connectivity index is 1.92. The van der Waals surface area contributed by atoms with Gasteiger partial charge in [-0.15, -0.1) is 11.3 Å². The Morgan fingerprint density at radius 2 is 2.18 bits per heavy atom. The Labute approximate surface area is 106 Å². The molecule has 17 heavy (non-hydrogen) atoms. The quantitative estimate of drug-likeness (QED) is 0.905. The van der Waals surface area contributed by atoms with E-state index in [0.717, 1.165) is 13.1 Å². The normalized spacial score (nSPS) is 11.9. The molecule has 0 radical (unpaired) electrons. The molecule has 0 bridgehead atoms. The van der Waals surface area contributed by atoms with Crippen LogP contribution in [-0.4, -0.2) is 20.3 Å². The average Bonchev–Trinajstić information content (AvgIpc) is 2.86. The Morgan fingerprint density at radius 1 is 1.35 bits per heavy atom. The summed E-state index contributed by atoms with van der Waals surface area (Å²) < 4.78 is 1.95. The molecular formula is C12H18N4S. The minimum Gasteiger partial charge on any atom is -0.308 e. The molecule has 5 heteroatoms. The van der Waals surface area contributed by atoms with Gasteiger partial charge in [-0.3, -0.25) is 9.67 Å². The maximum absolute atomic E-state index is 4.35.